The third-order valence-electron chi connectivity index (χ3n) is 2.45. The number of pyridine rings is 1. The lowest BCUT2D eigenvalue weighted by molar-refractivity contribution is -0.122. The smallest absolute Gasteiger partial charge is 0.339 e. The van der Waals surface area contributed by atoms with Gasteiger partial charge in [0, 0.05) is 30.4 Å². The molecule has 0 radical (unpaired) electrons. The quantitative estimate of drug-likeness (QED) is 0.764. The number of amides is 1. The van der Waals surface area contributed by atoms with Crippen molar-refractivity contribution in [3.8, 4) is 0 Å². The molecule has 6 heteroatoms. The maximum Gasteiger partial charge on any atom is 0.339 e. The zero-order valence-corrected chi connectivity index (χ0v) is 12.3. The summed E-state index contributed by atoms with van der Waals surface area (Å²) in [5.41, 5.74) is 1.04. The van der Waals surface area contributed by atoms with Gasteiger partial charge in [0.1, 0.15) is 5.56 Å². The summed E-state index contributed by atoms with van der Waals surface area (Å²) in [7, 11) is 0. The second kappa shape index (κ2) is 6.36. The Labute approximate surface area is 118 Å². The van der Waals surface area contributed by atoms with Gasteiger partial charge in [-0.1, -0.05) is 0 Å². The lowest BCUT2D eigenvalue weighted by Crippen LogP contribution is -2.41. The van der Waals surface area contributed by atoms with Gasteiger partial charge in [-0.3, -0.25) is 9.78 Å². The number of aromatic nitrogens is 1. The largest absolute Gasteiger partial charge is 0.478 e. The third kappa shape index (κ3) is 5.26. The second-order valence-corrected chi connectivity index (χ2v) is 5.65. The Bertz CT molecular complexity index is 507. The van der Waals surface area contributed by atoms with Crippen LogP contribution in [0.4, 0.5) is 5.69 Å². The minimum absolute atomic E-state index is 0.0762. The molecule has 0 aliphatic rings. The maximum atomic E-state index is 11.7. The number of aryl methyl sites for hydroxylation is 1. The van der Waals surface area contributed by atoms with E-state index in [1.165, 1.54) is 6.20 Å². The molecule has 0 saturated heterocycles. The molecule has 1 aromatic heterocycles. The van der Waals surface area contributed by atoms with E-state index in [0.717, 1.165) is 5.69 Å². The Balaban J connectivity index is 2.60. The zero-order valence-electron chi connectivity index (χ0n) is 12.3. The fraction of sp³-hybridized carbons (Fsp3) is 0.500. The first kappa shape index (κ1) is 15.9. The van der Waals surface area contributed by atoms with E-state index in [4.69, 9.17) is 5.11 Å². The number of nitrogens with zero attached hydrogens (tertiary/aromatic N) is 1. The Morgan fingerprint density at radius 1 is 1.35 bits per heavy atom. The topological polar surface area (TPSA) is 91.3 Å². The van der Waals surface area contributed by atoms with Crippen LogP contribution in [0.1, 0.15) is 43.2 Å². The normalized spacial score (nSPS) is 11.0. The number of nitrogens with one attached hydrogen (secondary N) is 2. The van der Waals surface area contributed by atoms with Gasteiger partial charge in [-0.15, -0.1) is 0 Å². The Morgan fingerprint density at radius 3 is 2.55 bits per heavy atom. The second-order valence-electron chi connectivity index (χ2n) is 5.65. The highest BCUT2D eigenvalue weighted by Gasteiger charge is 2.14. The number of carbonyl (C=O) groups is 2. The molecule has 1 amide bonds. The van der Waals surface area contributed by atoms with Crippen LogP contribution in [0.25, 0.3) is 0 Å². The average Bonchev–Trinajstić information content (AvgIpc) is 2.26. The number of rotatable bonds is 5. The third-order valence-corrected chi connectivity index (χ3v) is 2.45. The first-order valence-corrected chi connectivity index (χ1v) is 6.44. The molecular formula is C14H21N3O3. The fourth-order valence-electron chi connectivity index (χ4n) is 1.67. The molecule has 6 nitrogen and oxygen atoms in total. The van der Waals surface area contributed by atoms with Gasteiger partial charge in [0.15, 0.2) is 0 Å². The number of carbonyl (C=O) groups excluding carboxylic acids is 1. The summed E-state index contributed by atoms with van der Waals surface area (Å²) in [6.45, 7) is 7.88. The zero-order chi connectivity index (χ0) is 15.3. The van der Waals surface area contributed by atoms with Crippen LogP contribution in [0.15, 0.2) is 12.3 Å². The van der Waals surface area contributed by atoms with E-state index in [1.54, 1.807) is 13.0 Å². The maximum absolute atomic E-state index is 11.7. The average molecular weight is 279 g/mol. The Kier molecular flexibility index (Phi) is 5.07. The van der Waals surface area contributed by atoms with Crippen molar-refractivity contribution in [1.82, 2.24) is 10.3 Å². The molecule has 0 saturated carbocycles. The molecule has 0 aliphatic carbocycles. The monoisotopic (exact) mass is 279 g/mol. The van der Waals surface area contributed by atoms with E-state index in [0.29, 0.717) is 12.2 Å². The van der Waals surface area contributed by atoms with E-state index in [-0.39, 0.29) is 23.4 Å². The van der Waals surface area contributed by atoms with Crippen molar-refractivity contribution in [1.29, 1.82) is 0 Å². The number of hydrogen-bond acceptors (Lipinski definition) is 4. The Hall–Kier alpha value is -2.11. The molecule has 0 aromatic carbocycles. The van der Waals surface area contributed by atoms with Crippen molar-refractivity contribution in [3.63, 3.8) is 0 Å². The summed E-state index contributed by atoms with van der Waals surface area (Å²) in [6.07, 6.45) is 1.59. The molecule has 1 rings (SSSR count). The number of hydrogen-bond donors (Lipinski definition) is 3. The summed E-state index contributed by atoms with van der Waals surface area (Å²) < 4.78 is 0. The molecule has 1 heterocycles. The number of carboxylic acid groups (broad SMARTS) is 1. The van der Waals surface area contributed by atoms with Crippen LogP contribution in [0.5, 0.6) is 0 Å². The standard InChI is InChI=1S/C14H21N3O3/c1-9-7-11(10(8-16-9)13(19)20)15-6-5-12(18)17-14(2,3)4/h7-8H,5-6H2,1-4H3,(H,15,16)(H,17,18)(H,19,20). The van der Waals surface area contributed by atoms with Crippen LogP contribution in [0, 0.1) is 6.92 Å². The highest BCUT2D eigenvalue weighted by atomic mass is 16.4. The van der Waals surface area contributed by atoms with Crippen molar-refractivity contribution < 1.29 is 14.7 Å². The molecule has 0 aliphatic heterocycles. The minimum Gasteiger partial charge on any atom is -0.478 e. The molecule has 0 atom stereocenters. The van der Waals surface area contributed by atoms with Crippen LogP contribution in [-0.4, -0.2) is 34.1 Å². The van der Waals surface area contributed by atoms with Crippen molar-refractivity contribution in [2.24, 2.45) is 0 Å². The lowest BCUT2D eigenvalue weighted by Gasteiger charge is -2.20. The van der Waals surface area contributed by atoms with Crippen molar-refractivity contribution in [3.05, 3.63) is 23.5 Å². The van der Waals surface area contributed by atoms with Crippen LogP contribution in [0.3, 0.4) is 0 Å². The lowest BCUT2D eigenvalue weighted by atomic mass is 10.1. The van der Waals surface area contributed by atoms with Gasteiger partial charge in [-0.25, -0.2) is 4.79 Å². The van der Waals surface area contributed by atoms with Crippen molar-refractivity contribution in [2.45, 2.75) is 39.7 Å². The highest BCUT2D eigenvalue weighted by molar-refractivity contribution is 5.94. The molecule has 1 aromatic rings. The fourth-order valence-corrected chi connectivity index (χ4v) is 1.67. The first-order valence-electron chi connectivity index (χ1n) is 6.44. The van der Waals surface area contributed by atoms with E-state index >= 15 is 0 Å². The highest BCUT2D eigenvalue weighted by Crippen LogP contribution is 2.15. The van der Waals surface area contributed by atoms with Crippen molar-refractivity contribution >= 4 is 17.6 Å². The summed E-state index contributed by atoms with van der Waals surface area (Å²) in [4.78, 5) is 26.7. The van der Waals surface area contributed by atoms with Crippen molar-refractivity contribution in [2.75, 3.05) is 11.9 Å². The number of carboxylic acids is 1. The summed E-state index contributed by atoms with van der Waals surface area (Å²) in [5, 5.41) is 14.9. The SMILES string of the molecule is Cc1cc(NCCC(=O)NC(C)(C)C)c(C(=O)O)cn1. The van der Waals surface area contributed by atoms with Gasteiger partial charge in [0.2, 0.25) is 5.91 Å². The van der Waals surface area contributed by atoms with Gasteiger partial charge < -0.3 is 15.7 Å². The molecule has 3 N–H and O–H groups in total. The molecule has 20 heavy (non-hydrogen) atoms. The predicted molar refractivity (Wildman–Crippen MR) is 76.9 cm³/mol. The van der Waals surface area contributed by atoms with E-state index in [9.17, 15) is 9.59 Å². The summed E-state index contributed by atoms with van der Waals surface area (Å²) >= 11 is 0. The molecule has 0 spiro atoms. The minimum atomic E-state index is -1.04. The van der Waals surface area contributed by atoms with Crippen LogP contribution in [-0.2, 0) is 4.79 Å². The molecule has 0 bridgehead atoms. The summed E-state index contributed by atoms with van der Waals surface area (Å²) in [5.74, 6) is -1.12. The van der Waals surface area contributed by atoms with Gasteiger partial charge >= 0.3 is 5.97 Å². The Morgan fingerprint density at radius 2 is 2.00 bits per heavy atom. The van der Waals surface area contributed by atoms with Gasteiger partial charge in [0.25, 0.3) is 0 Å². The molecular weight excluding hydrogens is 258 g/mol. The number of anilines is 1. The van der Waals surface area contributed by atoms with Gasteiger partial charge in [-0.05, 0) is 33.8 Å². The molecule has 0 fully saturated rings. The van der Waals surface area contributed by atoms with Crippen LogP contribution >= 0.6 is 0 Å². The van der Waals surface area contributed by atoms with Gasteiger partial charge in [0.05, 0.1) is 5.69 Å². The predicted octanol–water partition coefficient (Wildman–Crippen LogP) is 1.80. The molecule has 110 valence electrons. The van der Waals surface area contributed by atoms with Crippen LogP contribution < -0.4 is 10.6 Å². The molecule has 0 unspecified atom stereocenters. The van der Waals surface area contributed by atoms with E-state index in [2.05, 4.69) is 15.6 Å². The summed E-state index contributed by atoms with van der Waals surface area (Å²) in [6, 6.07) is 1.66. The number of aromatic carboxylic acids is 1. The van der Waals surface area contributed by atoms with Gasteiger partial charge in [-0.2, -0.15) is 0 Å². The van der Waals surface area contributed by atoms with E-state index in [1.807, 2.05) is 20.8 Å². The van der Waals surface area contributed by atoms with E-state index < -0.39 is 5.97 Å². The first-order chi connectivity index (χ1) is 9.19. The van der Waals surface area contributed by atoms with Crippen LogP contribution in [0.2, 0.25) is 0 Å².